The van der Waals surface area contributed by atoms with Crippen molar-refractivity contribution in [2.45, 2.75) is 35.3 Å². The van der Waals surface area contributed by atoms with Crippen LogP contribution < -0.4 is 10.2 Å². The zero-order valence-electron chi connectivity index (χ0n) is 22.8. The van der Waals surface area contributed by atoms with Crippen LogP contribution in [0.2, 0.25) is 0 Å². The number of methoxy groups -OCH3 is 1. The smallest absolute Gasteiger partial charge is 0.265 e. The van der Waals surface area contributed by atoms with Crippen LogP contribution in [0, 0.1) is 11.6 Å². The first-order chi connectivity index (χ1) is 19.7. The average Bonchev–Trinajstić information content (AvgIpc) is 2.98. The summed E-state index contributed by atoms with van der Waals surface area (Å²) in [6.07, 6.45) is 1.38. The van der Waals surface area contributed by atoms with Crippen LogP contribution in [0.1, 0.15) is 24.8 Å². The third kappa shape index (κ3) is 6.92. The maximum absolute atomic E-state index is 14.2. The number of hydrogen-bond donors (Lipinski definition) is 2. The summed E-state index contributed by atoms with van der Waals surface area (Å²) in [5, 5.41) is 9.36. The van der Waals surface area contributed by atoms with Crippen LogP contribution in [0.5, 0.6) is 5.75 Å². The highest BCUT2D eigenvalue weighted by Gasteiger charge is 2.52. The molecule has 11 heteroatoms. The highest BCUT2D eigenvalue weighted by molar-refractivity contribution is 7.93. The molecular formula is C30H34F2N2O6S. The van der Waals surface area contributed by atoms with E-state index in [1.807, 2.05) is 23.1 Å². The summed E-state index contributed by atoms with van der Waals surface area (Å²) >= 11 is 0. The van der Waals surface area contributed by atoms with Crippen LogP contribution in [0.15, 0.2) is 71.6 Å². The van der Waals surface area contributed by atoms with Crippen LogP contribution in [0.3, 0.4) is 0 Å². The number of rotatable bonds is 12. The quantitative estimate of drug-likeness (QED) is 0.184. The number of halogens is 2. The Labute approximate surface area is 238 Å². The third-order valence-electron chi connectivity index (χ3n) is 7.49. The lowest BCUT2D eigenvalue weighted by atomic mass is 9.95. The van der Waals surface area contributed by atoms with Crippen LogP contribution in [0.25, 0.3) is 11.1 Å². The minimum Gasteiger partial charge on any atom is -0.494 e. The topological polar surface area (TPSA) is 105 Å². The summed E-state index contributed by atoms with van der Waals surface area (Å²) in [6.45, 7) is 2.22. The molecule has 0 aromatic heterocycles. The largest absolute Gasteiger partial charge is 0.494 e. The number of likely N-dealkylation sites (tertiary alicyclic amines) is 1. The van der Waals surface area contributed by atoms with E-state index in [2.05, 4.69) is 0 Å². The summed E-state index contributed by atoms with van der Waals surface area (Å²) in [5.41, 5.74) is 3.52. The van der Waals surface area contributed by atoms with Crippen molar-refractivity contribution in [3.05, 3.63) is 83.9 Å². The maximum Gasteiger partial charge on any atom is 0.265 e. The van der Waals surface area contributed by atoms with Gasteiger partial charge >= 0.3 is 0 Å². The molecule has 1 heterocycles. The first-order valence-electron chi connectivity index (χ1n) is 13.4. The number of carbonyl (C=O) groups is 1. The molecule has 0 unspecified atom stereocenters. The van der Waals surface area contributed by atoms with Crippen molar-refractivity contribution in [3.8, 4) is 16.9 Å². The Bertz CT molecular complexity index is 1440. The van der Waals surface area contributed by atoms with Crippen molar-refractivity contribution in [1.82, 2.24) is 10.4 Å². The van der Waals surface area contributed by atoms with Gasteiger partial charge in [0.05, 0.1) is 18.1 Å². The van der Waals surface area contributed by atoms with Gasteiger partial charge in [-0.05, 0) is 73.2 Å². The Balaban J connectivity index is 1.36. The lowest BCUT2D eigenvalue weighted by Crippen LogP contribution is -2.57. The molecule has 220 valence electrons. The first-order valence-corrected chi connectivity index (χ1v) is 14.9. The Hall–Kier alpha value is -3.38. The molecule has 0 spiro atoms. The number of nitrogens with zero attached hydrogens (tertiary/aromatic N) is 1. The van der Waals surface area contributed by atoms with Gasteiger partial charge in [-0.1, -0.05) is 24.3 Å². The van der Waals surface area contributed by atoms with Crippen LogP contribution in [-0.2, 0) is 25.8 Å². The third-order valence-corrected chi connectivity index (χ3v) is 10.0. The van der Waals surface area contributed by atoms with E-state index in [0.717, 1.165) is 11.6 Å². The van der Waals surface area contributed by atoms with Gasteiger partial charge in [0.2, 0.25) is 0 Å². The van der Waals surface area contributed by atoms with Gasteiger partial charge in [-0.15, -0.1) is 0 Å². The number of nitrogens with one attached hydrogen (secondary N) is 1. The van der Waals surface area contributed by atoms with E-state index < -0.39 is 32.1 Å². The molecule has 8 nitrogen and oxygen atoms in total. The molecule has 41 heavy (non-hydrogen) atoms. The highest BCUT2D eigenvalue weighted by Crippen LogP contribution is 2.36. The number of carbonyl (C=O) groups excluding carboxylic acids is 1. The number of sulfone groups is 1. The molecule has 2 N–H and O–H groups in total. The number of ether oxygens (including phenoxy) is 2. The lowest BCUT2D eigenvalue weighted by molar-refractivity contribution is -0.133. The van der Waals surface area contributed by atoms with Crippen molar-refractivity contribution >= 4 is 15.7 Å². The van der Waals surface area contributed by atoms with Gasteiger partial charge in [0, 0.05) is 38.4 Å². The normalized spacial score (nSPS) is 15.4. The van der Waals surface area contributed by atoms with E-state index in [-0.39, 0.29) is 17.7 Å². The minimum absolute atomic E-state index is 0.0244. The van der Waals surface area contributed by atoms with Gasteiger partial charge in [0.1, 0.15) is 17.4 Å². The fraction of sp³-hybridized carbons (Fsp3) is 0.367. The summed E-state index contributed by atoms with van der Waals surface area (Å²) in [4.78, 5) is 14.7. The number of hydroxylamine groups is 1. The Morgan fingerprint density at radius 1 is 1.02 bits per heavy atom. The van der Waals surface area contributed by atoms with E-state index in [4.69, 9.17) is 9.47 Å². The molecule has 0 atom stereocenters. The van der Waals surface area contributed by atoms with Gasteiger partial charge in [0.15, 0.2) is 14.6 Å². The number of benzene rings is 3. The fourth-order valence-electron chi connectivity index (χ4n) is 5.10. The maximum atomic E-state index is 14.2. The summed E-state index contributed by atoms with van der Waals surface area (Å²) < 4.78 is 63.8. The highest BCUT2D eigenvalue weighted by atomic mass is 32.2. The SMILES string of the molecule is COCCN1CCC(C(=O)NO)(S(=O)(=O)c2ccc(OCCCc3cccc(-c4ccc(F)cc4F)c3)cc2)CC1. The van der Waals surface area contributed by atoms with E-state index >= 15 is 0 Å². The Kier molecular flexibility index (Phi) is 10.1. The minimum atomic E-state index is -4.12. The Morgan fingerprint density at radius 2 is 1.76 bits per heavy atom. The predicted molar refractivity (Wildman–Crippen MR) is 149 cm³/mol. The predicted octanol–water partition coefficient (Wildman–Crippen LogP) is 4.40. The molecule has 1 aliphatic rings. The standard InChI is InChI=1S/C30H34F2N2O6S/c1-39-19-17-34-15-13-30(14-16-34,29(35)33-36)41(37,38)26-10-8-25(9-11-26)40-18-3-5-22-4-2-6-23(20-22)27-12-7-24(31)21-28(27)32/h2,4,6-12,20-21,36H,3,5,13-19H2,1H3,(H,33,35). The van der Waals surface area contributed by atoms with Gasteiger partial charge < -0.3 is 14.4 Å². The number of piperidine rings is 1. The fourth-order valence-corrected chi connectivity index (χ4v) is 7.06. The lowest BCUT2D eigenvalue weighted by Gasteiger charge is -2.39. The van der Waals surface area contributed by atoms with Gasteiger partial charge in [-0.2, -0.15) is 0 Å². The first kappa shape index (κ1) is 30.6. The van der Waals surface area contributed by atoms with E-state index in [1.165, 1.54) is 24.3 Å². The molecular weight excluding hydrogens is 554 g/mol. The number of amides is 1. The zero-order valence-corrected chi connectivity index (χ0v) is 23.6. The molecule has 1 amide bonds. The molecule has 0 saturated carbocycles. The molecule has 4 rings (SSSR count). The molecule has 0 bridgehead atoms. The molecule has 1 fully saturated rings. The van der Waals surface area contributed by atoms with Gasteiger partial charge in [-0.25, -0.2) is 22.7 Å². The van der Waals surface area contributed by atoms with Crippen molar-refractivity contribution in [2.24, 2.45) is 0 Å². The van der Waals surface area contributed by atoms with E-state index in [0.29, 0.717) is 62.6 Å². The summed E-state index contributed by atoms with van der Waals surface area (Å²) in [7, 11) is -2.53. The van der Waals surface area contributed by atoms with Crippen molar-refractivity contribution < 1.29 is 36.7 Å². The van der Waals surface area contributed by atoms with Crippen LogP contribution in [0.4, 0.5) is 8.78 Å². The monoisotopic (exact) mass is 588 g/mol. The van der Waals surface area contributed by atoms with Crippen molar-refractivity contribution in [2.75, 3.05) is 40.0 Å². The second kappa shape index (κ2) is 13.5. The van der Waals surface area contributed by atoms with Crippen molar-refractivity contribution in [3.63, 3.8) is 0 Å². The van der Waals surface area contributed by atoms with Crippen molar-refractivity contribution in [1.29, 1.82) is 0 Å². The number of aryl methyl sites for hydroxylation is 1. The second-order valence-corrected chi connectivity index (χ2v) is 12.3. The average molecular weight is 589 g/mol. The zero-order chi connectivity index (χ0) is 29.5. The number of hydrogen-bond acceptors (Lipinski definition) is 7. The second-order valence-electron chi connectivity index (χ2n) is 10.0. The van der Waals surface area contributed by atoms with Crippen LogP contribution in [-0.4, -0.2) is 69.1 Å². The molecule has 0 aliphatic carbocycles. The van der Waals surface area contributed by atoms with E-state index in [1.54, 1.807) is 30.8 Å². The van der Waals surface area contributed by atoms with Gasteiger partial charge in [0.25, 0.3) is 5.91 Å². The molecule has 1 aliphatic heterocycles. The Morgan fingerprint density at radius 3 is 2.41 bits per heavy atom. The molecule has 3 aromatic carbocycles. The summed E-state index contributed by atoms with van der Waals surface area (Å²) in [5.74, 6) is -1.71. The summed E-state index contributed by atoms with van der Waals surface area (Å²) in [6, 6.07) is 16.8. The molecule has 3 aromatic rings. The van der Waals surface area contributed by atoms with E-state index in [9.17, 15) is 27.2 Å². The molecule has 0 radical (unpaired) electrons. The molecule has 1 saturated heterocycles. The van der Waals surface area contributed by atoms with Crippen LogP contribution >= 0.6 is 0 Å². The van der Waals surface area contributed by atoms with Gasteiger partial charge in [-0.3, -0.25) is 10.0 Å².